The van der Waals surface area contributed by atoms with E-state index in [9.17, 15) is 9.59 Å². The Morgan fingerprint density at radius 2 is 1.63 bits per heavy atom. The number of likely N-dealkylation sites (tertiary alicyclic amines) is 1. The second-order valence-electron chi connectivity index (χ2n) is 7.83. The molecule has 2 amide bonds. The first-order valence-electron chi connectivity index (χ1n) is 10.2. The Labute approximate surface area is 187 Å². The highest BCUT2D eigenvalue weighted by molar-refractivity contribution is 6.39. The highest BCUT2D eigenvalue weighted by atomic mass is 35.5. The van der Waals surface area contributed by atoms with Gasteiger partial charge in [0.25, 0.3) is 0 Å². The second-order valence-corrected chi connectivity index (χ2v) is 8.65. The van der Waals surface area contributed by atoms with Crippen LogP contribution in [0.3, 0.4) is 0 Å². The van der Waals surface area contributed by atoms with Crippen LogP contribution in [0, 0.1) is 5.92 Å². The number of benzene rings is 2. The summed E-state index contributed by atoms with van der Waals surface area (Å²) in [7, 11) is 1.76. The summed E-state index contributed by atoms with van der Waals surface area (Å²) in [6.07, 6.45) is 3.08. The number of anilines is 1. The predicted molar refractivity (Wildman–Crippen MR) is 122 cm³/mol. The molecule has 0 atom stereocenters. The Balaban J connectivity index is 1.42. The molecule has 0 aromatic heterocycles. The van der Waals surface area contributed by atoms with Crippen LogP contribution in [0.1, 0.15) is 18.4 Å². The summed E-state index contributed by atoms with van der Waals surface area (Å²) in [5.74, 6) is 0.404. The van der Waals surface area contributed by atoms with E-state index in [1.54, 1.807) is 30.1 Å². The smallest absolute Gasteiger partial charge is 0.238 e. The number of carbonyl (C=O) groups excluding carboxylic acids is 2. The highest BCUT2D eigenvalue weighted by Gasteiger charge is 2.24. The molecular formula is C23H27Cl2N3O2. The summed E-state index contributed by atoms with van der Waals surface area (Å²) in [4.78, 5) is 28.5. The molecule has 5 nitrogen and oxygen atoms in total. The first-order chi connectivity index (χ1) is 14.4. The molecule has 30 heavy (non-hydrogen) atoms. The van der Waals surface area contributed by atoms with Crippen LogP contribution in [0.4, 0.5) is 5.69 Å². The molecule has 0 unspecified atom stereocenters. The molecule has 0 bridgehead atoms. The molecule has 1 heterocycles. The van der Waals surface area contributed by atoms with Gasteiger partial charge in [0.15, 0.2) is 0 Å². The molecule has 0 saturated carbocycles. The number of hydrogen-bond acceptors (Lipinski definition) is 3. The Morgan fingerprint density at radius 1 is 1.00 bits per heavy atom. The lowest BCUT2D eigenvalue weighted by Gasteiger charge is -2.33. The third-order valence-corrected chi connectivity index (χ3v) is 6.01. The third kappa shape index (κ3) is 6.46. The molecule has 1 aliphatic rings. The Hall–Kier alpha value is -2.08. The van der Waals surface area contributed by atoms with Crippen LogP contribution in [-0.2, 0) is 16.0 Å². The van der Waals surface area contributed by atoms with Crippen LogP contribution in [0.25, 0.3) is 0 Å². The fourth-order valence-corrected chi connectivity index (χ4v) is 4.25. The van der Waals surface area contributed by atoms with E-state index in [0.29, 0.717) is 21.7 Å². The van der Waals surface area contributed by atoms with Crippen molar-refractivity contribution < 1.29 is 9.59 Å². The summed E-state index contributed by atoms with van der Waals surface area (Å²) in [5, 5.41) is 3.49. The van der Waals surface area contributed by atoms with Crippen molar-refractivity contribution in [2.75, 3.05) is 38.5 Å². The molecule has 2 aromatic carbocycles. The van der Waals surface area contributed by atoms with E-state index < -0.39 is 0 Å². The average molecular weight is 448 g/mol. The number of para-hydroxylation sites is 1. The molecule has 0 radical (unpaired) electrons. The molecular weight excluding hydrogens is 421 g/mol. The van der Waals surface area contributed by atoms with Gasteiger partial charge in [-0.1, -0.05) is 59.6 Å². The Morgan fingerprint density at radius 3 is 2.27 bits per heavy atom. The van der Waals surface area contributed by atoms with Crippen molar-refractivity contribution >= 4 is 40.7 Å². The number of amides is 2. The van der Waals surface area contributed by atoms with E-state index in [4.69, 9.17) is 23.2 Å². The van der Waals surface area contributed by atoms with Crippen molar-refractivity contribution in [3.05, 3.63) is 64.1 Å². The van der Waals surface area contributed by atoms with Crippen LogP contribution < -0.4 is 5.32 Å². The van der Waals surface area contributed by atoms with Gasteiger partial charge in [-0.3, -0.25) is 14.5 Å². The zero-order valence-electron chi connectivity index (χ0n) is 17.1. The van der Waals surface area contributed by atoms with Gasteiger partial charge in [-0.25, -0.2) is 0 Å². The second kappa shape index (κ2) is 10.8. The van der Waals surface area contributed by atoms with Gasteiger partial charge in [0.05, 0.1) is 28.8 Å². The number of hydrogen-bond donors (Lipinski definition) is 1. The average Bonchev–Trinajstić information content (AvgIpc) is 2.72. The van der Waals surface area contributed by atoms with Crippen LogP contribution in [0.15, 0.2) is 48.5 Å². The van der Waals surface area contributed by atoms with Crippen molar-refractivity contribution in [3.63, 3.8) is 0 Å². The van der Waals surface area contributed by atoms with E-state index in [1.165, 1.54) is 5.56 Å². The van der Waals surface area contributed by atoms with Crippen LogP contribution in [-0.4, -0.2) is 54.8 Å². The lowest BCUT2D eigenvalue weighted by molar-refractivity contribution is -0.133. The Bertz CT molecular complexity index is 848. The molecule has 1 saturated heterocycles. The molecule has 1 aliphatic heterocycles. The fourth-order valence-electron chi connectivity index (χ4n) is 3.76. The van der Waals surface area contributed by atoms with Crippen molar-refractivity contribution in [2.45, 2.75) is 19.3 Å². The number of nitrogens with one attached hydrogen (secondary N) is 1. The van der Waals surface area contributed by atoms with Crippen molar-refractivity contribution in [1.82, 2.24) is 9.80 Å². The number of nitrogens with zero attached hydrogens (tertiary/aromatic N) is 2. The maximum atomic E-state index is 12.6. The molecule has 1 N–H and O–H groups in total. The summed E-state index contributed by atoms with van der Waals surface area (Å²) in [5.41, 5.74) is 1.75. The van der Waals surface area contributed by atoms with Crippen molar-refractivity contribution in [3.8, 4) is 0 Å². The first kappa shape index (κ1) is 22.6. The monoisotopic (exact) mass is 447 g/mol. The lowest BCUT2D eigenvalue weighted by Crippen LogP contribution is -2.44. The van der Waals surface area contributed by atoms with E-state index in [2.05, 4.69) is 29.6 Å². The standard InChI is InChI=1S/C23H27Cl2N3O2/c1-27(15-21(29)26-23-19(24)8-5-9-20(23)25)16-22(30)28-12-10-18(11-13-28)14-17-6-3-2-4-7-17/h2-9,18H,10-16H2,1H3,(H,26,29). The number of carbonyl (C=O) groups is 2. The summed E-state index contributed by atoms with van der Waals surface area (Å²) < 4.78 is 0. The minimum absolute atomic E-state index is 0.0548. The minimum atomic E-state index is -0.262. The maximum Gasteiger partial charge on any atom is 0.238 e. The van der Waals surface area contributed by atoms with Gasteiger partial charge in [0, 0.05) is 13.1 Å². The normalized spacial score (nSPS) is 14.7. The van der Waals surface area contributed by atoms with Gasteiger partial charge in [-0.2, -0.15) is 0 Å². The van der Waals surface area contributed by atoms with E-state index in [1.807, 2.05) is 11.0 Å². The maximum absolute atomic E-state index is 12.6. The van der Waals surface area contributed by atoms with Gasteiger partial charge in [-0.15, -0.1) is 0 Å². The van der Waals surface area contributed by atoms with Gasteiger partial charge in [0.1, 0.15) is 0 Å². The molecule has 2 aromatic rings. The number of likely N-dealkylation sites (N-methyl/N-ethyl adjacent to an activating group) is 1. The van der Waals surface area contributed by atoms with Gasteiger partial charge >= 0.3 is 0 Å². The Kier molecular flexibility index (Phi) is 8.14. The molecule has 1 fully saturated rings. The van der Waals surface area contributed by atoms with Crippen molar-refractivity contribution in [2.24, 2.45) is 5.92 Å². The van der Waals surface area contributed by atoms with E-state index in [-0.39, 0.29) is 24.9 Å². The molecule has 7 heteroatoms. The zero-order chi connectivity index (χ0) is 21.5. The lowest BCUT2D eigenvalue weighted by atomic mass is 9.90. The first-order valence-corrected chi connectivity index (χ1v) is 10.9. The van der Waals surface area contributed by atoms with Crippen LogP contribution >= 0.6 is 23.2 Å². The fraction of sp³-hybridized carbons (Fsp3) is 0.391. The summed E-state index contributed by atoms with van der Waals surface area (Å²) in [6, 6.07) is 15.5. The molecule has 0 spiro atoms. The van der Waals surface area contributed by atoms with Gasteiger partial charge in [0.2, 0.25) is 11.8 Å². The number of rotatable bonds is 7. The minimum Gasteiger partial charge on any atom is -0.342 e. The van der Waals surface area contributed by atoms with Gasteiger partial charge < -0.3 is 10.2 Å². The topological polar surface area (TPSA) is 52.7 Å². The summed E-state index contributed by atoms with van der Waals surface area (Å²) >= 11 is 12.2. The van der Waals surface area contributed by atoms with Crippen LogP contribution in [0.2, 0.25) is 10.0 Å². The number of halogens is 2. The molecule has 0 aliphatic carbocycles. The number of piperidine rings is 1. The summed E-state index contributed by atoms with van der Waals surface area (Å²) in [6.45, 7) is 1.82. The van der Waals surface area contributed by atoms with Gasteiger partial charge in [-0.05, 0) is 49.9 Å². The van der Waals surface area contributed by atoms with E-state index >= 15 is 0 Å². The SMILES string of the molecule is CN(CC(=O)Nc1c(Cl)cccc1Cl)CC(=O)N1CCC(Cc2ccccc2)CC1. The highest BCUT2D eigenvalue weighted by Crippen LogP contribution is 2.29. The third-order valence-electron chi connectivity index (χ3n) is 5.38. The van der Waals surface area contributed by atoms with Crippen molar-refractivity contribution in [1.29, 1.82) is 0 Å². The molecule has 3 rings (SSSR count). The zero-order valence-corrected chi connectivity index (χ0v) is 18.6. The quantitative estimate of drug-likeness (QED) is 0.686. The molecule has 160 valence electrons. The largest absolute Gasteiger partial charge is 0.342 e. The predicted octanol–water partition coefficient (Wildman–Crippen LogP) is 4.35. The van der Waals surface area contributed by atoms with E-state index in [0.717, 1.165) is 32.4 Å². The van der Waals surface area contributed by atoms with Crippen LogP contribution in [0.5, 0.6) is 0 Å².